The maximum atomic E-state index is 7.06. The third-order valence-corrected chi connectivity index (χ3v) is 18.6. The first kappa shape index (κ1) is 56.4. The van der Waals surface area contributed by atoms with E-state index in [0.717, 1.165) is 56.2 Å². The van der Waals surface area contributed by atoms with Crippen molar-refractivity contribution in [2.75, 3.05) is 16.5 Å². The monoisotopic (exact) mass is 1150 g/mol. The highest BCUT2D eigenvalue weighted by Crippen LogP contribution is 2.58. The van der Waals surface area contributed by atoms with Crippen LogP contribution in [0.5, 0.6) is 11.5 Å². The fourth-order valence-corrected chi connectivity index (χ4v) is 13.8. The highest BCUT2D eigenvalue weighted by molar-refractivity contribution is 6.09. The van der Waals surface area contributed by atoms with E-state index in [1.165, 1.54) is 83.6 Å². The largest absolute Gasteiger partial charge is 0.457 e. The van der Waals surface area contributed by atoms with E-state index in [2.05, 4.69) is 334 Å². The van der Waals surface area contributed by atoms with Gasteiger partial charge in [-0.3, -0.25) is 4.57 Å². The van der Waals surface area contributed by atoms with E-state index in [9.17, 15) is 0 Å². The average molecular weight is 1150 g/mol. The number of para-hydroxylation sites is 3. The molecule has 2 aliphatic rings. The topological polar surface area (TPSA) is 33.5 Å². The van der Waals surface area contributed by atoms with E-state index in [-0.39, 0.29) is 21.7 Å². The number of aromatic nitrogens is 2. The van der Waals surface area contributed by atoms with Crippen LogP contribution in [-0.2, 0) is 27.1 Å². The Morgan fingerprint density at radius 2 is 0.886 bits per heavy atom. The minimum absolute atomic E-state index is 0.00451. The molecule has 0 saturated heterocycles. The number of hydrogen-bond donors (Lipinski definition) is 0. The smallest absolute Gasteiger partial charge is 0.137 e. The van der Waals surface area contributed by atoms with Crippen LogP contribution in [0.3, 0.4) is 0 Å². The Morgan fingerprint density at radius 3 is 1.48 bits per heavy atom. The number of hydrogen-bond acceptors (Lipinski definition) is 4. The van der Waals surface area contributed by atoms with Crippen molar-refractivity contribution in [1.82, 2.24) is 9.55 Å². The number of rotatable bonds is 9. The summed E-state index contributed by atoms with van der Waals surface area (Å²) in [6.45, 7) is 28.3. The number of nitrogens with zero attached hydrogens (tertiary/aromatic N) is 4. The van der Waals surface area contributed by atoms with Crippen molar-refractivity contribution >= 4 is 44.6 Å². The summed E-state index contributed by atoms with van der Waals surface area (Å²) in [7, 11) is 0. The molecule has 0 amide bonds. The Kier molecular flexibility index (Phi) is 13.4. The molecule has 12 aromatic rings. The summed E-state index contributed by atoms with van der Waals surface area (Å²) in [4.78, 5) is 10.2. The lowest BCUT2D eigenvalue weighted by molar-refractivity contribution is 0.483. The predicted molar refractivity (Wildman–Crippen MR) is 370 cm³/mol. The molecule has 3 heterocycles. The molecule has 5 heteroatoms. The summed E-state index contributed by atoms with van der Waals surface area (Å²) in [5, 5.41) is 2.29. The number of benzene rings is 10. The van der Waals surface area contributed by atoms with Gasteiger partial charge in [0.1, 0.15) is 24.0 Å². The van der Waals surface area contributed by atoms with Gasteiger partial charge < -0.3 is 14.5 Å². The summed E-state index contributed by atoms with van der Waals surface area (Å²) in [5.41, 5.74) is 23.4. The van der Waals surface area contributed by atoms with Crippen LogP contribution in [0.15, 0.2) is 243 Å². The van der Waals surface area contributed by atoms with Crippen LogP contribution < -0.4 is 14.5 Å². The van der Waals surface area contributed by atoms with Gasteiger partial charge in [-0.05, 0) is 155 Å². The SMILES string of the molecule is CC(C)(C)c1ccc(C2(c3ccnc(-n4c5ccccc5c5ccc(Oc6cccc(N7CN(c8c(-c9ccccc9)cc(C(C)(C)C)cc8-c8ccccc8)c8ccccc87)c6)cc54)c3)c3ccc(C(C)(C)C)cc3-c3cc(C(C)(C)C)ccc32)cc1. The van der Waals surface area contributed by atoms with Crippen molar-refractivity contribution in [3.63, 3.8) is 0 Å². The quantitative estimate of drug-likeness (QED) is 0.144. The summed E-state index contributed by atoms with van der Waals surface area (Å²) in [6.07, 6.45) is 2.02. The summed E-state index contributed by atoms with van der Waals surface area (Å²) in [6, 6.07) is 87.9. The Balaban J connectivity index is 0.878. The van der Waals surface area contributed by atoms with Crippen molar-refractivity contribution < 1.29 is 4.74 Å². The molecule has 0 atom stereocenters. The molecule has 1 aliphatic carbocycles. The minimum atomic E-state index is -0.651. The number of pyridine rings is 1. The van der Waals surface area contributed by atoms with Crippen molar-refractivity contribution in [3.8, 4) is 50.7 Å². The maximum Gasteiger partial charge on any atom is 0.137 e. The maximum absolute atomic E-state index is 7.06. The van der Waals surface area contributed by atoms with Crippen molar-refractivity contribution in [2.45, 2.75) is 110 Å². The lowest BCUT2D eigenvalue weighted by Gasteiger charge is -2.35. The molecule has 0 N–H and O–H groups in total. The van der Waals surface area contributed by atoms with E-state index in [4.69, 9.17) is 9.72 Å². The van der Waals surface area contributed by atoms with Gasteiger partial charge in [-0.1, -0.05) is 241 Å². The van der Waals surface area contributed by atoms with Crippen molar-refractivity contribution in [2.24, 2.45) is 0 Å². The standard InChI is InChI=1S/C83H78N4O/c1-79(2,3)56-34-36-57(37-35-56)83(71-42-38-58(80(4,5)6)46-69(71)70-47-59(81(7,8)9)39-43-72(70)83)60-44-45-84-77(50-60)87-73-31-20-19-30-65(73)66-41-40-64(52-76(66)87)88-63-29-23-28-62(51-63)85-53-86(75-33-22-21-32-74(75)85)78-67(54-24-15-13-16-25-54)48-61(82(10,11)12)49-68(78)55-26-17-14-18-27-55/h13-52H,53H2,1-12H3. The normalized spacial score (nSPS) is 13.9. The summed E-state index contributed by atoms with van der Waals surface area (Å²) < 4.78 is 9.40. The lowest BCUT2D eigenvalue weighted by Crippen LogP contribution is -2.29. The van der Waals surface area contributed by atoms with E-state index < -0.39 is 5.41 Å². The molecule has 0 unspecified atom stereocenters. The molecule has 0 bridgehead atoms. The van der Waals surface area contributed by atoms with Crippen LogP contribution in [0.4, 0.5) is 22.7 Å². The van der Waals surface area contributed by atoms with Gasteiger partial charge in [0.05, 0.1) is 33.5 Å². The molecule has 14 rings (SSSR count). The molecule has 1 aliphatic heterocycles. The fraction of sp³-hybridized carbons (Fsp3) is 0.217. The molecule has 2 aromatic heterocycles. The Bertz CT molecular complexity index is 4530. The molecular weight excluding hydrogens is 1070 g/mol. The number of ether oxygens (including phenoxy) is 1. The first-order valence-electron chi connectivity index (χ1n) is 31.3. The first-order valence-corrected chi connectivity index (χ1v) is 31.3. The van der Waals surface area contributed by atoms with Crippen LogP contribution in [0.25, 0.3) is 61.0 Å². The highest BCUT2D eigenvalue weighted by atomic mass is 16.5. The summed E-state index contributed by atoms with van der Waals surface area (Å²) >= 11 is 0. The van der Waals surface area contributed by atoms with Crippen LogP contribution in [0.2, 0.25) is 0 Å². The van der Waals surface area contributed by atoms with Gasteiger partial charge in [0.15, 0.2) is 0 Å². The van der Waals surface area contributed by atoms with E-state index in [1.54, 1.807) is 0 Å². The van der Waals surface area contributed by atoms with Crippen LogP contribution >= 0.6 is 0 Å². The molecule has 88 heavy (non-hydrogen) atoms. The van der Waals surface area contributed by atoms with Crippen LogP contribution in [-0.4, -0.2) is 16.2 Å². The summed E-state index contributed by atoms with van der Waals surface area (Å²) in [5.74, 6) is 2.34. The van der Waals surface area contributed by atoms with Gasteiger partial charge in [-0.2, -0.15) is 0 Å². The molecule has 5 nitrogen and oxygen atoms in total. The van der Waals surface area contributed by atoms with Crippen LogP contribution in [0.1, 0.15) is 128 Å². The first-order chi connectivity index (χ1) is 42.1. The predicted octanol–water partition coefficient (Wildman–Crippen LogP) is 22.1. The number of anilines is 4. The zero-order valence-electron chi connectivity index (χ0n) is 53.0. The molecule has 0 fully saturated rings. The molecule has 0 spiro atoms. The zero-order valence-corrected chi connectivity index (χ0v) is 53.0. The second-order valence-electron chi connectivity index (χ2n) is 28.5. The van der Waals surface area contributed by atoms with E-state index in [1.807, 2.05) is 6.20 Å². The van der Waals surface area contributed by atoms with Gasteiger partial charge in [0.25, 0.3) is 0 Å². The Hall–Kier alpha value is -9.45. The molecule has 436 valence electrons. The molecule has 0 saturated carbocycles. The Labute approximate surface area is 520 Å². The van der Waals surface area contributed by atoms with Gasteiger partial charge in [0, 0.05) is 45.9 Å². The zero-order chi connectivity index (χ0) is 61.1. The highest BCUT2D eigenvalue weighted by Gasteiger charge is 2.47. The average Bonchev–Trinajstić information content (AvgIpc) is 1.53. The third-order valence-electron chi connectivity index (χ3n) is 18.6. The van der Waals surface area contributed by atoms with Crippen LogP contribution in [0, 0.1) is 0 Å². The molecule has 0 radical (unpaired) electrons. The number of fused-ring (bicyclic) bond motifs is 7. The molecular formula is C83H78N4O. The van der Waals surface area contributed by atoms with E-state index >= 15 is 0 Å². The van der Waals surface area contributed by atoms with Crippen molar-refractivity contribution in [1.29, 1.82) is 0 Å². The van der Waals surface area contributed by atoms with Gasteiger partial charge in [-0.25, -0.2) is 4.98 Å². The molecule has 10 aromatic carbocycles. The van der Waals surface area contributed by atoms with E-state index in [0.29, 0.717) is 6.67 Å². The fourth-order valence-electron chi connectivity index (χ4n) is 13.8. The van der Waals surface area contributed by atoms with Gasteiger partial charge in [-0.15, -0.1) is 0 Å². The Morgan fingerprint density at radius 1 is 0.375 bits per heavy atom. The lowest BCUT2D eigenvalue weighted by atomic mass is 9.67. The van der Waals surface area contributed by atoms with Gasteiger partial charge in [0.2, 0.25) is 0 Å². The second-order valence-corrected chi connectivity index (χ2v) is 28.5. The van der Waals surface area contributed by atoms with Crippen molar-refractivity contribution in [3.05, 3.63) is 287 Å². The van der Waals surface area contributed by atoms with Gasteiger partial charge >= 0.3 is 0 Å². The second kappa shape index (κ2) is 20.9. The third kappa shape index (κ3) is 9.58. The minimum Gasteiger partial charge on any atom is -0.457 e.